The summed E-state index contributed by atoms with van der Waals surface area (Å²) in [5, 5.41) is 19.6. The lowest BCUT2D eigenvalue weighted by Gasteiger charge is -2.42. The maximum absolute atomic E-state index is 17.9. The van der Waals surface area contributed by atoms with Crippen LogP contribution in [0.25, 0.3) is 55.6 Å². The van der Waals surface area contributed by atoms with Gasteiger partial charge in [0.05, 0.1) is 5.41 Å². The Labute approximate surface area is 346 Å². The van der Waals surface area contributed by atoms with E-state index in [4.69, 9.17) is 0 Å². The molecule has 306 valence electrons. The number of fused-ring (bicyclic) bond motifs is 3. The SMILES string of the molecule is CCCCCCCC(F)(F)C1(CC(F)(F)CCCCCC)c2cc(-c3ccc(-c4ccc(O)cc4)cc3)ccc2-c2ccc(-c3ccc(-c4ccc(O)cc4)cc3)cc21. The number of phenolic OH excluding ortho intramolecular Hbond substituents is 2. The van der Waals surface area contributed by atoms with Gasteiger partial charge >= 0.3 is 0 Å². The van der Waals surface area contributed by atoms with Gasteiger partial charge < -0.3 is 10.2 Å². The first kappa shape index (κ1) is 41.8. The quantitative estimate of drug-likeness (QED) is 0.0672. The van der Waals surface area contributed by atoms with E-state index in [9.17, 15) is 10.2 Å². The summed E-state index contributed by atoms with van der Waals surface area (Å²) in [7, 11) is 0. The maximum Gasteiger partial charge on any atom is 0.261 e. The maximum atomic E-state index is 17.9. The molecule has 0 spiro atoms. The van der Waals surface area contributed by atoms with E-state index in [-0.39, 0.29) is 35.5 Å². The van der Waals surface area contributed by atoms with E-state index in [0.29, 0.717) is 35.1 Å². The Morgan fingerprint density at radius 3 is 1.14 bits per heavy atom. The molecule has 0 amide bonds. The molecule has 59 heavy (non-hydrogen) atoms. The lowest BCUT2D eigenvalue weighted by molar-refractivity contribution is -0.118. The summed E-state index contributed by atoms with van der Waals surface area (Å²) in [6.45, 7) is 4.10. The van der Waals surface area contributed by atoms with Gasteiger partial charge in [-0.2, -0.15) is 0 Å². The number of rotatable bonds is 18. The first-order valence-corrected chi connectivity index (χ1v) is 21.3. The van der Waals surface area contributed by atoms with Crippen molar-refractivity contribution in [3.05, 3.63) is 145 Å². The molecule has 6 aromatic rings. The number of aromatic hydroxyl groups is 2. The van der Waals surface area contributed by atoms with Crippen LogP contribution in [0.1, 0.15) is 102 Å². The molecule has 0 saturated carbocycles. The van der Waals surface area contributed by atoms with Gasteiger partial charge in [-0.15, -0.1) is 0 Å². The standard InChI is InChI=1S/C53H54F4O2/c1-3-5-7-9-11-33-53(56,57)52(36-51(54,55)32-10-8-6-4-2)49-34-43(41-16-12-37(13-17-41)39-20-26-45(58)27-21-39)24-30-47(49)48-31-25-44(35-50(48)52)42-18-14-38(15-19-42)40-22-28-46(59)29-23-40/h12-31,34-35,58-59H,3-11,32-33,36H2,1-2H3. The van der Waals surface area contributed by atoms with Gasteiger partial charge in [0.1, 0.15) is 11.5 Å². The summed E-state index contributed by atoms with van der Waals surface area (Å²) in [5.41, 5.74) is 6.06. The van der Waals surface area contributed by atoms with Gasteiger partial charge in [0.15, 0.2) is 0 Å². The first-order valence-electron chi connectivity index (χ1n) is 21.3. The predicted molar refractivity (Wildman–Crippen MR) is 234 cm³/mol. The molecule has 0 atom stereocenters. The van der Waals surface area contributed by atoms with Crippen molar-refractivity contribution in [3.8, 4) is 67.1 Å². The van der Waals surface area contributed by atoms with Crippen LogP contribution in [0.15, 0.2) is 133 Å². The highest BCUT2D eigenvalue weighted by Gasteiger charge is 2.62. The van der Waals surface area contributed by atoms with Gasteiger partial charge in [-0.3, -0.25) is 0 Å². The van der Waals surface area contributed by atoms with E-state index in [1.807, 2.05) is 104 Å². The molecule has 2 N–H and O–H groups in total. The van der Waals surface area contributed by atoms with Crippen molar-refractivity contribution in [3.63, 3.8) is 0 Å². The van der Waals surface area contributed by atoms with Gasteiger partial charge in [-0.1, -0.05) is 156 Å². The van der Waals surface area contributed by atoms with Crippen molar-refractivity contribution < 1.29 is 27.8 Å². The Morgan fingerprint density at radius 2 is 0.729 bits per heavy atom. The highest BCUT2D eigenvalue weighted by Crippen LogP contribution is 2.62. The molecule has 7 rings (SSSR count). The van der Waals surface area contributed by atoms with E-state index >= 15 is 17.6 Å². The van der Waals surface area contributed by atoms with Crippen molar-refractivity contribution in [1.82, 2.24) is 0 Å². The van der Waals surface area contributed by atoms with Crippen molar-refractivity contribution in [2.75, 3.05) is 0 Å². The summed E-state index contributed by atoms with van der Waals surface area (Å²) in [4.78, 5) is 0. The van der Waals surface area contributed by atoms with Crippen LogP contribution in [0.5, 0.6) is 11.5 Å². The van der Waals surface area contributed by atoms with Crippen molar-refractivity contribution in [2.24, 2.45) is 0 Å². The summed E-state index contributed by atoms with van der Waals surface area (Å²) >= 11 is 0. The molecule has 2 nitrogen and oxygen atoms in total. The molecule has 6 aromatic carbocycles. The van der Waals surface area contributed by atoms with Crippen molar-refractivity contribution in [1.29, 1.82) is 0 Å². The fourth-order valence-corrected chi connectivity index (χ4v) is 8.95. The fourth-order valence-electron chi connectivity index (χ4n) is 8.95. The second-order valence-electron chi connectivity index (χ2n) is 16.4. The minimum absolute atomic E-state index is 0.174. The predicted octanol–water partition coefficient (Wildman–Crippen LogP) is 16.0. The average molecular weight is 799 g/mol. The molecular weight excluding hydrogens is 745 g/mol. The first-order chi connectivity index (χ1) is 28.4. The smallest absolute Gasteiger partial charge is 0.261 e. The molecule has 1 aliphatic rings. The monoisotopic (exact) mass is 798 g/mol. The molecule has 0 aliphatic heterocycles. The third-order valence-electron chi connectivity index (χ3n) is 12.2. The van der Waals surface area contributed by atoms with Crippen LogP contribution in [0, 0.1) is 0 Å². The zero-order chi connectivity index (χ0) is 41.6. The van der Waals surface area contributed by atoms with Gasteiger partial charge in [0.2, 0.25) is 5.92 Å². The summed E-state index contributed by atoms with van der Waals surface area (Å²) in [6, 6.07) is 40.4. The number of unbranched alkanes of at least 4 members (excludes halogenated alkanes) is 7. The summed E-state index contributed by atoms with van der Waals surface area (Å²) < 4.78 is 69.1. The molecule has 0 aromatic heterocycles. The van der Waals surface area contributed by atoms with Crippen LogP contribution in [-0.4, -0.2) is 22.1 Å². The highest BCUT2D eigenvalue weighted by molar-refractivity contribution is 5.87. The van der Waals surface area contributed by atoms with Gasteiger partial charge in [0.25, 0.3) is 5.92 Å². The van der Waals surface area contributed by atoms with Crippen molar-refractivity contribution in [2.45, 2.75) is 108 Å². The van der Waals surface area contributed by atoms with Crippen LogP contribution in [0.3, 0.4) is 0 Å². The van der Waals surface area contributed by atoms with Crippen LogP contribution in [0.4, 0.5) is 17.6 Å². The third-order valence-corrected chi connectivity index (χ3v) is 12.2. The molecular formula is C53H54F4O2. The van der Waals surface area contributed by atoms with Crippen LogP contribution in [-0.2, 0) is 5.41 Å². The molecule has 0 bridgehead atoms. The lowest BCUT2D eigenvalue weighted by atomic mass is 9.66. The molecule has 0 fully saturated rings. The Hall–Kier alpha value is -5.36. The van der Waals surface area contributed by atoms with E-state index in [1.165, 1.54) is 0 Å². The largest absolute Gasteiger partial charge is 0.508 e. The highest BCUT2D eigenvalue weighted by atomic mass is 19.3. The molecule has 0 heterocycles. The van der Waals surface area contributed by atoms with E-state index in [0.717, 1.165) is 65.5 Å². The molecule has 0 saturated heterocycles. The molecule has 0 radical (unpaired) electrons. The number of alkyl halides is 4. The lowest BCUT2D eigenvalue weighted by Crippen LogP contribution is -2.49. The summed E-state index contributed by atoms with van der Waals surface area (Å²) in [6.07, 6.45) is 4.33. The Balaban J connectivity index is 1.35. The third kappa shape index (κ3) is 8.98. The normalized spacial score (nSPS) is 13.3. The number of phenols is 2. The van der Waals surface area contributed by atoms with Crippen molar-refractivity contribution >= 4 is 0 Å². The van der Waals surface area contributed by atoms with Crippen LogP contribution in [0.2, 0.25) is 0 Å². The van der Waals surface area contributed by atoms with Gasteiger partial charge in [-0.05, 0) is 116 Å². The van der Waals surface area contributed by atoms with Crippen LogP contribution >= 0.6 is 0 Å². The van der Waals surface area contributed by atoms with E-state index in [2.05, 4.69) is 6.92 Å². The fraction of sp³-hybridized carbons (Fsp3) is 0.321. The Kier molecular flexibility index (Phi) is 12.7. The van der Waals surface area contributed by atoms with E-state index < -0.39 is 36.5 Å². The number of benzene rings is 6. The number of hydrogen-bond acceptors (Lipinski definition) is 2. The summed E-state index contributed by atoms with van der Waals surface area (Å²) in [5.74, 6) is -6.49. The molecule has 0 unspecified atom stereocenters. The van der Waals surface area contributed by atoms with Gasteiger partial charge in [0, 0.05) is 19.3 Å². The minimum atomic E-state index is -3.49. The minimum Gasteiger partial charge on any atom is -0.508 e. The molecule has 1 aliphatic carbocycles. The zero-order valence-corrected chi connectivity index (χ0v) is 34.1. The topological polar surface area (TPSA) is 40.5 Å². The van der Waals surface area contributed by atoms with Gasteiger partial charge in [-0.25, -0.2) is 17.6 Å². The van der Waals surface area contributed by atoms with Crippen LogP contribution < -0.4 is 0 Å². The second kappa shape index (κ2) is 17.9. The Bertz CT molecular complexity index is 2170. The van der Waals surface area contributed by atoms with E-state index in [1.54, 1.807) is 36.4 Å². The second-order valence-corrected chi connectivity index (χ2v) is 16.4. The average Bonchev–Trinajstić information content (AvgIpc) is 3.52. The number of halogens is 4. The molecule has 6 heteroatoms. The Morgan fingerprint density at radius 1 is 0.407 bits per heavy atom. The number of hydrogen-bond donors (Lipinski definition) is 2. The zero-order valence-electron chi connectivity index (χ0n) is 34.1.